The molecule has 3 aromatic rings. The molecule has 0 aliphatic carbocycles. The number of thiazole rings is 1. The van der Waals surface area contributed by atoms with Crippen LogP contribution in [0.4, 0.5) is 0 Å². The number of hydrogen-bond acceptors (Lipinski definition) is 6. The molecule has 7 nitrogen and oxygen atoms in total. The van der Waals surface area contributed by atoms with E-state index in [2.05, 4.69) is 15.0 Å². The van der Waals surface area contributed by atoms with Crippen LogP contribution in [0, 0.1) is 13.8 Å². The summed E-state index contributed by atoms with van der Waals surface area (Å²) in [6, 6.07) is 0. The van der Waals surface area contributed by atoms with E-state index in [0.717, 1.165) is 21.0 Å². The Morgan fingerprint density at radius 3 is 2.55 bits per heavy atom. The minimum absolute atomic E-state index is 0.351. The number of nitrogens with zero attached hydrogens (tertiary/aromatic N) is 4. The number of H-pyrrole nitrogens is 1. The Morgan fingerprint density at radius 1 is 1.18 bits per heavy atom. The molecule has 0 atom stereocenters. The van der Waals surface area contributed by atoms with E-state index in [1.807, 2.05) is 13.8 Å². The third-order valence-corrected chi connectivity index (χ3v) is 5.57. The maximum absolute atomic E-state index is 12.1. The number of aromatic amines is 1. The highest BCUT2D eigenvalue weighted by Gasteiger charge is 2.14. The largest absolute Gasteiger partial charge is 0.332 e. The summed E-state index contributed by atoms with van der Waals surface area (Å²) in [7, 11) is 3.07. The molecule has 0 fully saturated rings. The lowest BCUT2D eigenvalue weighted by molar-refractivity contribution is 0.708. The van der Waals surface area contributed by atoms with Gasteiger partial charge in [0.2, 0.25) is 0 Å². The molecule has 3 heterocycles. The summed E-state index contributed by atoms with van der Waals surface area (Å²) >= 11 is 3.15. The molecule has 0 aromatic carbocycles. The maximum atomic E-state index is 12.1. The van der Waals surface area contributed by atoms with Gasteiger partial charge in [0.05, 0.1) is 10.7 Å². The number of aromatic nitrogens is 5. The first kappa shape index (κ1) is 15.0. The number of nitrogens with one attached hydrogen (secondary N) is 1. The highest BCUT2D eigenvalue weighted by Crippen LogP contribution is 2.26. The SMILES string of the molecule is Cc1nc(C)c(CSc2nc3c([nH]2)c(=O)n(C)c(=O)n3C)s1. The van der Waals surface area contributed by atoms with Gasteiger partial charge < -0.3 is 4.98 Å². The first-order valence-electron chi connectivity index (χ1n) is 6.60. The lowest BCUT2D eigenvalue weighted by Crippen LogP contribution is -2.36. The molecule has 22 heavy (non-hydrogen) atoms. The van der Waals surface area contributed by atoms with Crippen LogP contribution in [0.15, 0.2) is 14.7 Å². The van der Waals surface area contributed by atoms with Crippen LogP contribution < -0.4 is 11.2 Å². The number of rotatable bonds is 3. The van der Waals surface area contributed by atoms with Gasteiger partial charge in [-0.25, -0.2) is 14.8 Å². The fourth-order valence-electron chi connectivity index (χ4n) is 2.21. The van der Waals surface area contributed by atoms with Crippen molar-refractivity contribution in [2.45, 2.75) is 24.8 Å². The van der Waals surface area contributed by atoms with Crippen LogP contribution in [0.5, 0.6) is 0 Å². The summed E-state index contributed by atoms with van der Waals surface area (Å²) in [4.78, 5) is 37.0. The zero-order valence-electron chi connectivity index (χ0n) is 12.6. The van der Waals surface area contributed by atoms with Crippen molar-refractivity contribution in [1.82, 2.24) is 24.1 Å². The summed E-state index contributed by atoms with van der Waals surface area (Å²) in [6.45, 7) is 3.96. The number of fused-ring (bicyclic) bond motifs is 1. The van der Waals surface area contributed by atoms with Crippen LogP contribution >= 0.6 is 23.1 Å². The molecule has 0 spiro atoms. The van der Waals surface area contributed by atoms with Crippen molar-refractivity contribution >= 4 is 34.3 Å². The van der Waals surface area contributed by atoms with Gasteiger partial charge in [-0.2, -0.15) is 0 Å². The molecular weight excluding hydrogens is 322 g/mol. The van der Waals surface area contributed by atoms with Crippen molar-refractivity contribution in [2.24, 2.45) is 14.1 Å². The van der Waals surface area contributed by atoms with Gasteiger partial charge >= 0.3 is 5.69 Å². The molecule has 9 heteroatoms. The van der Waals surface area contributed by atoms with Gasteiger partial charge in [0.1, 0.15) is 0 Å². The Balaban J connectivity index is 1.98. The Labute approximate surface area is 134 Å². The molecule has 0 aliphatic heterocycles. The van der Waals surface area contributed by atoms with Gasteiger partial charge in [0.25, 0.3) is 5.56 Å². The molecule has 3 rings (SSSR count). The first-order chi connectivity index (χ1) is 10.4. The molecule has 0 saturated carbocycles. The lowest BCUT2D eigenvalue weighted by atomic mass is 10.4. The average Bonchev–Trinajstić information content (AvgIpc) is 3.04. The van der Waals surface area contributed by atoms with Gasteiger partial charge in [0, 0.05) is 24.7 Å². The first-order valence-corrected chi connectivity index (χ1v) is 8.40. The highest BCUT2D eigenvalue weighted by atomic mass is 32.2. The molecule has 3 aromatic heterocycles. The van der Waals surface area contributed by atoms with Gasteiger partial charge in [-0.1, -0.05) is 11.8 Å². The van der Waals surface area contributed by atoms with Crippen molar-refractivity contribution in [1.29, 1.82) is 0 Å². The van der Waals surface area contributed by atoms with E-state index in [9.17, 15) is 9.59 Å². The molecule has 0 aliphatic rings. The van der Waals surface area contributed by atoms with E-state index in [1.165, 1.54) is 28.3 Å². The second-order valence-corrected chi connectivity index (χ2v) is 7.23. The number of imidazole rings is 1. The lowest BCUT2D eigenvalue weighted by Gasteiger charge is -2.00. The fraction of sp³-hybridized carbons (Fsp3) is 0.385. The summed E-state index contributed by atoms with van der Waals surface area (Å²) in [6.07, 6.45) is 0. The van der Waals surface area contributed by atoms with Crippen LogP contribution in [-0.4, -0.2) is 24.1 Å². The minimum Gasteiger partial charge on any atom is -0.327 e. The standard InChI is InChI=1S/C13H15N5O2S2/c1-6-8(22-7(2)14-6)5-21-12-15-9-10(16-12)17(3)13(20)18(4)11(9)19/h5H2,1-4H3,(H,15,16). The normalized spacial score (nSPS) is 11.5. The summed E-state index contributed by atoms with van der Waals surface area (Å²) < 4.78 is 2.45. The second-order valence-electron chi connectivity index (χ2n) is 4.98. The van der Waals surface area contributed by atoms with E-state index in [1.54, 1.807) is 18.4 Å². The monoisotopic (exact) mass is 337 g/mol. The molecule has 0 bridgehead atoms. The van der Waals surface area contributed by atoms with Crippen LogP contribution in [0.25, 0.3) is 11.2 Å². The molecule has 0 unspecified atom stereocenters. The zero-order chi connectivity index (χ0) is 16.0. The van der Waals surface area contributed by atoms with Crippen LogP contribution in [-0.2, 0) is 19.8 Å². The van der Waals surface area contributed by atoms with E-state index in [-0.39, 0.29) is 11.2 Å². The molecule has 0 radical (unpaired) electrons. The zero-order valence-corrected chi connectivity index (χ0v) is 14.3. The fourth-order valence-corrected chi connectivity index (χ4v) is 4.16. The predicted octanol–water partition coefficient (Wildman–Crippen LogP) is 1.33. The maximum Gasteiger partial charge on any atom is 0.332 e. The smallest absolute Gasteiger partial charge is 0.327 e. The van der Waals surface area contributed by atoms with Gasteiger partial charge in [-0.3, -0.25) is 13.9 Å². The van der Waals surface area contributed by atoms with Crippen LogP contribution in [0.2, 0.25) is 0 Å². The van der Waals surface area contributed by atoms with E-state index >= 15 is 0 Å². The van der Waals surface area contributed by atoms with E-state index < -0.39 is 0 Å². The van der Waals surface area contributed by atoms with Crippen molar-refractivity contribution in [2.75, 3.05) is 0 Å². The number of aryl methyl sites for hydroxylation is 3. The van der Waals surface area contributed by atoms with Crippen LogP contribution in [0.3, 0.4) is 0 Å². The van der Waals surface area contributed by atoms with Crippen molar-refractivity contribution in [3.05, 3.63) is 36.4 Å². The summed E-state index contributed by atoms with van der Waals surface area (Å²) in [5, 5.41) is 1.66. The van der Waals surface area contributed by atoms with Gasteiger partial charge in [-0.05, 0) is 13.8 Å². The van der Waals surface area contributed by atoms with Gasteiger partial charge in [-0.15, -0.1) is 11.3 Å². The molecular formula is C13H15N5O2S2. The quantitative estimate of drug-likeness (QED) is 0.729. The number of thioether (sulfide) groups is 1. The Bertz CT molecular complexity index is 979. The summed E-state index contributed by atoms with van der Waals surface area (Å²) in [5.41, 5.74) is 1.02. The van der Waals surface area contributed by atoms with Crippen molar-refractivity contribution in [3.8, 4) is 0 Å². The molecule has 0 amide bonds. The summed E-state index contributed by atoms with van der Waals surface area (Å²) in [5.74, 6) is 0.728. The second kappa shape index (κ2) is 5.40. The van der Waals surface area contributed by atoms with Gasteiger partial charge in [0.15, 0.2) is 16.3 Å². The van der Waals surface area contributed by atoms with E-state index in [4.69, 9.17) is 0 Å². The molecule has 116 valence electrons. The third kappa shape index (κ3) is 2.40. The molecule has 0 saturated heterocycles. The highest BCUT2D eigenvalue weighted by molar-refractivity contribution is 7.98. The Hall–Kier alpha value is -1.87. The van der Waals surface area contributed by atoms with Crippen molar-refractivity contribution in [3.63, 3.8) is 0 Å². The van der Waals surface area contributed by atoms with Crippen molar-refractivity contribution < 1.29 is 0 Å². The molecule has 1 N–H and O–H groups in total. The Kier molecular flexibility index (Phi) is 3.69. The average molecular weight is 337 g/mol. The minimum atomic E-state index is -0.380. The third-order valence-electron chi connectivity index (χ3n) is 3.41. The van der Waals surface area contributed by atoms with Crippen LogP contribution in [0.1, 0.15) is 15.6 Å². The topological polar surface area (TPSA) is 85.6 Å². The predicted molar refractivity (Wildman–Crippen MR) is 87.7 cm³/mol. The Morgan fingerprint density at radius 2 is 1.91 bits per heavy atom. The number of hydrogen-bond donors (Lipinski definition) is 1. The van der Waals surface area contributed by atoms with E-state index in [0.29, 0.717) is 16.3 Å².